The lowest BCUT2D eigenvalue weighted by Crippen LogP contribution is -2.37. The lowest BCUT2D eigenvalue weighted by molar-refractivity contribution is -0.122. The van der Waals surface area contributed by atoms with E-state index in [4.69, 9.17) is 9.47 Å². The topological polar surface area (TPSA) is 96.6 Å². The fourth-order valence-electron chi connectivity index (χ4n) is 3.14. The lowest BCUT2D eigenvalue weighted by Gasteiger charge is -2.19. The molecule has 1 aromatic heterocycles. The van der Waals surface area contributed by atoms with Crippen molar-refractivity contribution >= 4 is 16.8 Å². The first-order valence-corrected chi connectivity index (χ1v) is 9.72. The highest BCUT2D eigenvalue weighted by molar-refractivity contribution is 5.82. The molecule has 0 spiro atoms. The van der Waals surface area contributed by atoms with Gasteiger partial charge in [-0.3, -0.25) is 14.5 Å². The molecule has 1 heterocycles. The van der Waals surface area contributed by atoms with Crippen molar-refractivity contribution in [2.24, 2.45) is 0 Å². The normalized spacial score (nSPS) is 10.9. The summed E-state index contributed by atoms with van der Waals surface area (Å²) in [5.41, 5.74) is 1.29. The highest BCUT2D eigenvalue weighted by atomic mass is 16.5. The molecule has 0 unspecified atom stereocenters. The summed E-state index contributed by atoms with van der Waals surface area (Å²) in [6.07, 6.45) is 0. The zero-order valence-corrected chi connectivity index (χ0v) is 17.4. The third-order valence-corrected chi connectivity index (χ3v) is 4.78. The van der Waals surface area contributed by atoms with Gasteiger partial charge in [0, 0.05) is 12.6 Å². The molecule has 2 aromatic carbocycles. The predicted octanol–water partition coefficient (Wildman–Crippen LogP) is 2.08. The van der Waals surface area contributed by atoms with Crippen LogP contribution < -0.4 is 20.3 Å². The number of H-pyrrole nitrogens is 1. The zero-order valence-electron chi connectivity index (χ0n) is 17.4. The number of hydrogen-bond donors (Lipinski definition) is 2. The van der Waals surface area contributed by atoms with Crippen LogP contribution in [0.25, 0.3) is 10.9 Å². The number of amides is 1. The molecule has 0 radical (unpaired) electrons. The van der Waals surface area contributed by atoms with Crippen LogP contribution in [0.4, 0.5) is 0 Å². The van der Waals surface area contributed by atoms with Gasteiger partial charge in [0.1, 0.15) is 5.82 Å². The van der Waals surface area contributed by atoms with Gasteiger partial charge in [0.15, 0.2) is 11.5 Å². The summed E-state index contributed by atoms with van der Waals surface area (Å²) < 4.78 is 10.6. The minimum atomic E-state index is -0.263. The summed E-state index contributed by atoms with van der Waals surface area (Å²) in [6.45, 7) is 3.61. The van der Waals surface area contributed by atoms with Crippen molar-refractivity contribution in [3.05, 3.63) is 64.2 Å². The van der Waals surface area contributed by atoms with Crippen molar-refractivity contribution in [2.75, 3.05) is 27.3 Å². The predicted molar refractivity (Wildman–Crippen MR) is 115 cm³/mol. The van der Waals surface area contributed by atoms with Crippen LogP contribution in [0.3, 0.4) is 0 Å². The Morgan fingerprint density at radius 1 is 1.13 bits per heavy atom. The molecule has 1 amide bonds. The van der Waals surface area contributed by atoms with E-state index >= 15 is 0 Å². The number of carbonyl (C=O) groups excluding carboxylic acids is 1. The van der Waals surface area contributed by atoms with Gasteiger partial charge in [-0.1, -0.05) is 37.3 Å². The molecule has 0 saturated carbocycles. The zero-order chi connectivity index (χ0) is 21.5. The number of aromatic amines is 1. The average Bonchev–Trinajstić information content (AvgIpc) is 2.77. The summed E-state index contributed by atoms with van der Waals surface area (Å²) >= 11 is 0. The Morgan fingerprint density at radius 2 is 1.83 bits per heavy atom. The maximum atomic E-state index is 12.5. The highest BCUT2D eigenvalue weighted by Crippen LogP contribution is 2.29. The van der Waals surface area contributed by atoms with Gasteiger partial charge in [-0.15, -0.1) is 0 Å². The number of rotatable bonds is 9. The molecule has 8 heteroatoms. The second kappa shape index (κ2) is 9.89. The average molecular weight is 410 g/mol. The maximum absolute atomic E-state index is 12.5. The number of nitrogens with one attached hydrogen (secondary N) is 2. The summed E-state index contributed by atoms with van der Waals surface area (Å²) in [7, 11) is 3.05. The SMILES string of the molecule is CCN(CC(=O)NCc1ccccc1)Cc1nc2cc(OC)c(OC)cc2c(=O)[nH]1. The van der Waals surface area contributed by atoms with E-state index in [-0.39, 0.29) is 18.0 Å². The minimum Gasteiger partial charge on any atom is -0.493 e. The van der Waals surface area contributed by atoms with Crippen molar-refractivity contribution in [1.82, 2.24) is 20.2 Å². The Labute approximate surface area is 174 Å². The molecule has 3 rings (SSSR count). The fraction of sp³-hybridized carbons (Fsp3) is 0.318. The van der Waals surface area contributed by atoms with Crippen molar-refractivity contribution in [2.45, 2.75) is 20.0 Å². The molecule has 0 bridgehead atoms. The Bertz CT molecular complexity index is 1070. The molecular weight excluding hydrogens is 384 g/mol. The summed E-state index contributed by atoms with van der Waals surface area (Å²) in [6, 6.07) is 13.0. The summed E-state index contributed by atoms with van der Waals surface area (Å²) in [5, 5.41) is 3.33. The lowest BCUT2D eigenvalue weighted by atomic mass is 10.2. The number of likely N-dealkylation sites (N-methyl/N-ethyl adjacent to an activating group) is 1. The van der Waals surface area contributed by atoms with E-state index in [9.17, 15) is 9.59 Å². The van der Waals surface area contributed by atoms with E-state index < -0.39 is 0 Å². The van der Waals surface area contributed by atoms with Crippen LogP contribution in [0.15, 0.2) is 47.3 Å². The summed E-state index contributed by atoms with van der Waals surface area (Å²) in [4.78, 5) is 34.1. The summed E-state index contributed by atoms with van der Waals surface area (Å²) in [5.74, 6) is 1.37. The maximum Gasteiger partial charge on any atom is 0.258 e. The van der Waals surface area contributed by atoms with E-state index in [2.05, 4.69) is 15.3 Å². The van der Waals surface area contributed by atoms with Crippen LogP contribution in [0.1, 0.15) is 18.3 Å². The van der Waals surface area contributed by atoms with Crippen LogP contribution >= 0.6 is 0 Å². The Kier molecular flexibility index (Phi) is 7.03. The molecule has 0 atom stereocenters. The van der Waals surface area contributed by atoms with Crippen LogP contribution in [0.2, 0.25) is 0 Å². The van der Waals surface area contributed by atoms with Gasteiger partial charge in [0.05, 0.1) is 38.2 Å². The molecule has 0 aliphatic rings. The van der Waals surface area contributed by atoms with Crippen molar-refractivity contribution in [3.8, 4) is 11.5 Å². The monoisotopic (exact) mass is 410 g/mol. The molecule has 8 nitrogen and oxygen atoms in total. The number of carbonyl (C=O) groups is 1. The number of hydrogen-bond acceptors (Lipinski definition) is 6. The smallest absolute Gasteiger partial charge is 0.258 e. The first-order chi connectivity index (χ1) is 14.5. The van der Waals surface area contributed by atoms with Crippen LogP contribution in [0.5, 0.6) is 11.5 Å². The number of aromatic nitrogens is 2. The van der Waals surface area contributed by atoms with E-state index in [1.165, 1.54) is 14.2 Å². The van der Waals surface area contributed by atoms with Gasteiger partial charge >= 0.3 is 0 Å². The van der Waals surface area contributed by atoms with Crippen molar-refractivity contribution < 1.29 is 14.3 Å². The Balaban J connectivity index is 1.71. The van der Waals surface area contributed by atoms with Crippen molar-refractivity contribution in [3.63, 3.8) is 0 Å². The Morgan fingerprint density at radius 3 is 2.50 bits per heavy atom. The quantitative estimate of drug-likeness (QED) is 0.561. The molecule has 0 saturated heterocycles. The standard InChI is InChI=1S/C22H26N4O4/c1-4-26(14-21(27)23-12-15-8-6-5-7-9-15)13-20-24-17-11-19(30-3)18(29-2)10-16(17)22(28)25-20/h5-11H,4,12-14H2,1-3H3,(H,23,27)(H,24,25,28). The number of ether oxygens (including phenoxy) is 2. The second-order valence-corrected chi connectivity index (χ2v) is 6.80. The Hall–Kier alpha value is -3.39. The number of nitrogens with zero attached hydrogens (tertiary/aromatic N) is 2. The van der Waals surface area contributed by atoms with Crippen LogP contribution in [-0.2, 0) is 17.9 Å². The third kappa shape index (κ3) is 5.15. The van der Waals surface area contributed by atoms with E-state index in [1.807, 2.05) is 42.2 Å². The molecule has 158 valence electrons. The molecule has 2 N–H and O–H groups in total. The minimum absolute atomic E-state index is 0.0877. The molecule has 0 aliphatic carbocycles. The van der Waals surface area contributed by atoms with E-state index in [0.29, 0.717) is 47.9 Å². The number of methoxy groups -OCH3 is 2. The number of fused-ring (bicyclic) bond motifs is 1. The fourth-order valence-corrected chi connectivity index (χ4v) is 3.14. The van der Waals surface area contributed by atoms with Crippen LogP contribution in [-0.4, -0.2) is 48.1 Å². The van der Waals surface area contributed by atoms with Gasteiger partial charge in [0.25, 0.3) is 5.56 Å². The van der Waals surface area contributed by atoms with E-state index in [0.717, 1.165) is 5.56 Å². The second-order valence-electron chi connectivity index (χ2n) is 6.80. The van der Waals surface area contributed by atoms with Crippen molar-refractivity contribution in [1.29, 1.82) is 0 Å². The highest BCUT2D eigenvalue weighted by Gasteiger charge is 2.14. The molecule has 0 fully saturated rings. The van der Waals surface area contributed by atoms with Gasteiger partial charge in [-0.25, -0.2) is 4.98 Å². The molecule has 3 aromatic rings. The largest absolute Gasteiger partial charge is 0.493 e. The van der Waals surface area contributed by atoms with Crippen LogP contribution in [0, 0.1) is 0 Å². The molecule has 0 aliphatic heterocycles. The first-order valence-electron chi connectivity index (χ1n) is 9.72. The third-order valence-electron chi connectivity index (χ3n) is 4.78. The van der Waals surface area contributed by atoms with E-state index in [1.54, 1.807) is 12.1 Å². The van der Waals surface area contributed by atoms with Gasteiger partial charge in [-0.2, -0.15) is 0 Å². The molecular formula is C22H26N4O4. The molecule has 30 heavy (non-hydrogen) atoms. The first kappa shape index (κ1) is 21.3. The van der Waals surface area contributed by atoms with Gasteiger partial charge in [-0.05, 0) is 18.2 Å². The van der Waals surface area contributed by atoms with Gasteiger partial charge in [0.2, 0.25) is 5.91 Å². The number of benzene rings is 2. The van der Waals surface area contributed by atoms with Gasteiger partial charge < -0.3 is 19.8 Å².